The maximum Gasteiger partial charge on any atom is 0.218 e. The maximum atomic E-state index is 5.57. The normalized spacial score (nSPS) is 12.5. The van der Waals surface area contributed by atoms with Crippen molar-refractivity contribution < 1.29 is 4.74 Å². The first-order chi connectivity index (χ1) is 9.45. The Morgan fingerprint density at radius 1 is 1.20 bits per heavy atom. The Bertz CT molecular complexity index is 582. The zero-order chi connectivity index (χ0) is 14.7. The number of thiazole rings is 1. The van der Waals surface area contributed by atoms with Crippen LogP contribution < -0.4 is 10.1 Å². The van der Waals surface area contributed by atoms with Crippen LogP contribution in [-0.4, -0.2) is 21.1 Å². The molecule has 1 N–H and O–H groups in total. The Hall–Kier alpha value is -1.69. The lowest BCUT2D eigenvalue weighted by molar-refractivity contribution is 0.232. The molecule has 2 heterocycles. The number of aryl methyl sites for hydroxylation is 2. The largest absolute Gasteiger partial charge is 0.475 e. The lowest BCUT2D eigenvalue weighted by Crippen LogP contribution is -2.10. The van der Waals surface area contributed by atoms with Crippen LogP contribution in [0.1, 0.15) is 42.4 Å². The molecule has 0 fully saturated rings. The average Bonchev–Trinajstić information content (AvgIpc) is 2.68. The second-order valence-corrected chi connectivity index (χ2v) is 6.19. The Morgan fingerprint density at radius 3 is 2.55 bits per heavy atom. The predicted octanol–water partition coefficient (Wildman–Crippen LogP) is 3.51. The van der Waals surface area contributed by atoms with Crippen LogP contribution in [0.2, 0.25) is 0 Å². The molecule has 1 atom stereocenters. The fourth-order valence-corrected chi connectivity index (χ4v) is 2.89. The molecule has 108 valence electrons. The first-order valence-electron chi connectivity index (χ1n) is 6.65. The molecule has 2 aromatic heterocycles. The predicted molar refractivity (Wildman–Crippen MR) is 81.4 cm³/mol. The van der Waals surface area contributed by atoms with Crippen LogP contribution in [0.25, 0.3) is 0 Å². The molecule has 5 nitrogen and oxygen atoms in total. The van der Waals surface area contributed by atoms with Gasteiger partial charge in [-0.3, -0.25) is 0 Å². The van der Waals surface area contributed by atoms with Crippen molar-refractivity contribution in [2.45, 2.75) is 46.8 Å². The summed E-state index contributed by atoms with van der Waals surface area (Å²) in [7, 11) is 0. The average molecular weight is 292 g/mol. The van der Waals surface area contributed by atoms with E-state index in [4.69, 9.17) is 4.74 Å². The molecule has 0 bridgehead atoms. The Morgan fingerprint density at radius 2 is 1.95 bits per heavy atom. The van der Waals surface area contributed by atoms with Gasteiger partial charge in [-0.1, -0.05) is 0 Å². The number of anilines is 1. The summed E-state index contributed by atoms with van der Waals surface area (Å²) in [5.41, 5.74) is 1.07. The van der Waals surface area contributed by atoms with E-state index in [9.17, 15) is 0 Å². The molecular weight excluding hydrogens is 272 g/mol. The van der Waals surface area contributed by atoms with E-state index < -0.39 is 0 Å². The molecule has 0 aliphatic carbocycles. The third-order valence-corrected chi connectivity index (χ3v) is 3.95. The molecule has 0 saturated heterocycles. The van der Waals surface area contributed by atoms with Gasteiger partial charge in [0.15, 0.2) is 0 Å². The smallest absolute Gasteiger partial charge is 0.218 e. The molecule has 6 heteroatoms. The van der Waals surface area contributed by atoms with Crippen molar-refractivity contribution in [3.05, 3.63) is 28.0 Å². The summed E-state index contributed by atoms with van der Waals surface area (Å²) in [5.74, 6) is 1.34. The van der Waals surface area contributed by atoms with Crippen molar-refractivity contribution in [2.24, 2.45) is 0 Å². The summed E-state index contributed by atoms with van der Waals surface area (Å²) in [6, 6.07) is 1.97. The molecule has 20 heavy (non-hydrogen) atoms. The van der Waals surface area contributed by atoms with E-state index in [-0.39, 0.29) is 12.1 Å². The lowest BCUT2D eigenvalue weighted by Gasteiger charge is -2.14. The van der Waals surface area contributed by atoms with Crippen molar-refractivity contribution in [2.75, 3.05) is 5.32 Å². The first kappa shape index (κ1) is 14.7. The van der Waals surface area contributed by atoms with Crippen molar-refractivity contribution in [1.82, 2.24) is 15.0 Å². The number of ether oxygens (including phenoxy) is 1. The zero-order valence-corrected chi connectivity index (χ0v) is 13.3. The minimum atomic E-state index is 0.0987. The quantitative estimate of drug-likeness (QED) is 0.913. The molecule has 0 spiro atoms. The summed E-state index contributed by atoms with van der Waals surface area (Å²) in [6.07, 6.45) is 1.61. The van der Waals surface area contributed by atoms with Crippen LogP contribution in [0.4, 0.5) is 5.82 Å². The van der Waals surface area contributed by atoms with Crippen LogP contribution in [0, 0.1) is 13.8 Å². The van der Waals surface area contributed by atoms with E-state index in [0.29, 0.717) is 5.88 Å². The molecule has 1 unspecified atom stereocenters. The number of rotatable bonds is 5. The molecule has 0 radical (unpaired) electrons. The van der Waals surface area contributed by atoms with E-state index in [2.05, 4.69) is 27.2 Å². The van der Waals surface area contributed by atoms with Gasteiger partial charge < -0.3 is 10.1 Å². The number of aromatic nitrogens is 3. The Labute approximate surface area is 123 Å². The van der Waals surface area contributed by atoms with Gasteiger partial charge in [-0.25, -0.2) is 15.0 Å². The molecule has 0 aromatic carbocycles. The van der Waals surface area contributed by atoms with Gasteiger partial charge in [0.1, 0.15) is 12.1 Å². The van der Waals surface area contributed by atoms with Gasteiger partial charge in [-0.2, -0.15) is 0 Å². The fourth-order valence-electron chi connectivity index (χ4n) is 1.96. The van der Waals surface area contributed by atoms with Crippen LogP contribution in [0.15, 0.2) is 12.4 Å². The fraction of sp³-hybridized carbons (Fsp3) is 0.500. The van der Waals surface area contributed by atoms with E-state index >= 15 is 0 Å². The molecular formula is C14H20N4OS. The molecule has 2 rings (SSSR count). The highest BCUT2D eigenvalue weighted by atomic mass is 32.1. The minimum absolute atomic E-state index is 0.0987. The zero-order valence-electron chi connectivity index (χ0n) is 12.5. The van der Waals surface area contributed by atoms with Crippen molar-refractivity contribution >= 4 is 17.2 Å². The number of nitrogens with zero attached hydrogens (tertiary/aromatic N) is 3. The lowest BCUT2D eigenvalue weighted by atomic mass is 10.2. The summed E-state index contributed by atoms with van der Waals surface area (Å²) >= 11 is 1.71. The van der Waals surface area contributed by atoms with Gasteiger partial charge in [0.05, 0.1) is 22.8 Å². The minimum Gasteiger partial charge on any atom is -0.475 e. The summed E-state index contributed by atoms with van der Waals surface area (Å²) in [6.45, 7) is 10.1. The maximum absolute atomic E-state index is 5.57. The third kappa shape index (κ3) is 3.66. The van der Waals surface area contributed by atoms with Gasteiger partial charge >= 0.3 is 0 Å². The van der Waals surface area contributed by atoms with Gasteiger partial charge in [-0.05, 0) is 34.6 Å². The molecule has 0 aliphatic rings. The second-order valence-electron chi connectivity index (χ2n) is 4.96. The summed E-state index contributed by atoms with van der Waals surface area (Å²) in [4.78, 5) is 14.0. The highest BCUT2D eigenvalue weighted by molar-refractivity contribution is 7.11. The Balaban J connectivity index is 2.11. The molecule has 0 saturated carbocycles. The number of nitrogens with one attached hydrogen (secondary N) is 1. The highest BCUT2D eigenvalue weighted by Gasteiger charge is 2.13. The van der Waals surface area contributed by atoms with E-state index in [1.165, 1.54) is 11.2 Å². The molecule has 2 aromatic rings. The molecule has 0 aliphatic heterocycles. The van der Waals surface area contributed by atoms with E-state index in [1.807, 2.05) is 33.8 Å². The van der Waals surface area contributed by atoms with Gasteiger partial charge in [0.2, 0.25) is 5.88 Å². The van der Waals surface area contributed by atoms with E-state index in [1.54, 1.807) is 11.3 Å². The van der Waals surface area contributed by atoms with Crippen LogP contribution >= 0.6 is 11.3 Å². The first-order valence-corrected chi connectivity index (χ1v) is 7.46. The Kier molecular flexibility index (Phi) is 4.54. The van der Waals surface area contributed by atoms with Crippen molar-refractivity contribution in [1.29, 1.82) is 0 Å². The summed E-state index contributed by atoms with van der Waals surface area (Å²) < 4.78 is 5.57. The standard InChI is InChI=1S/C14H20N4OS/c1-8(2)19-13-6-12(15-7-16-13)18-10(4)14-9(3)17-11(5)20-14/h6-8,10H,1-5H3,(H,15,16,18). The van der Waals surface area contributed by atoms with Crippen molar-refractivity contribution in [3.63, 3.8) is 0 Å². The SMILES string of the molecule is Cc1nc(C)c(C(C)Nc2cc(OC(C)C)ncn2)s1. The van der Waals surface area contributed by atoms with Crippen molar-refractivity contribution in [3.8, 4) is 5.88 Å². The van der Waals surface area contributed by atoms with Gasteiger partial charge in [0.25, 0.3) is 0 Å². The number of hydrogen-bond acceptors (Lipinski definition) is 6. The third-order valence-electron chi connectivity index (χ3n) is 2.70. The van der Waals surface area contributed by atoms with Gasteiger partial charge in [0, 0.05) is 10.9 Å². The highest BCUT2D eigenvalue weighted by Crippen LogP contribution is 2.27. The topological polar surface area (TPSA) is 59.9 Å². The van der Waals surface area contributed by atoms with Gasteiger partial charge in [-0.15, -0.1) is 11.3 Å². The van der Waals surface area contributed by atoms with Crippen LogP contribution in [-0.2, 0) is 0 Å². The number of hydrogen-bond donors (Lipinski definition) is 1. The second kappa shape index (κ2) is 6.17. The van der Waals surface area contributed by atoms with E-state index in [0.717, 1.165) is 16.5 Å². The monoisotopic (exact) mass is 292 g/mol. The van der Waals surface area contributed by atoms with Crippen LogP contribution in [0.5, 0.6) is 5.88 Å². The summed E-state index contributed by atoms with van der Waals surface area (Å²) in [5, 5.41) is 4.45. The molecule has 0 amide bonds. The van der Waals surface area contributed by atoms with Crippen LogP contribution in [0.3, 0.4) is 0 Å².